The first kappa shape index (κ1) is 15.3. The summed E-state index contributed by atoms with van der Waals surface area (Å²) in [6.45, 7) is 9.89. The summed E-state index contributed by atoms with van der Waals surface area (Å²) in [7, 11) is 0. The third kappa shape index (κ3) is 2.85. The predicted octanol–water partition coefficient (Wildman–Crippen LogP) is 3.72. The fourth-order valence-electron chi connectivity index (χ4n) is 5.39. The first-order valence-corrected chi connectivity index (χ1v) is 8.14. The standard InChI is InChI=1S/C17H33NO/c1-13-6-5-7-16(9-13,12-18)17(19)10-14(2)8-15(3,4)11-17/h13-14,19H,5-12,18H2,1-4H3. The van der Waals surface area contributed by atoms with E-state index in [1.165, 1.54) is 19.3 Å². The van der Waals surface area contributed by atoms with Crippen LogP contribution in [0, 0.1) is 22.7 Å². The van der Waals surface area contributed by atoms with Crippen molar-refractivity contribution in [3.63, 3.8) is 0 Å². The molecule has 3 N–H and O–H groups in total. The minimum Gasteiger partial charge on any atom is -0.389 e. The van der Waals surface area contributed by atoms with E-state index in [0.29, 0.717) is 18.4 Å². The Balaban J connectivity index is 2.29. The number of hydrogen-bond acceptors (Lipinski definition) is 2. The van der Waals surface area contributed by atoms with Gasteiger partial charge in [0.25, 0.3) is 0 Å². The fourth-order valence-corrected chi connectivity index (χ4v) is 5.39. The van der Waals surface area contributed by atoms with Crippen LogP contribution < -0.4 is 5.73 Å². The summed E-state index contributed by atoms with van der Waals surface area (Å²) in [5.41, 5.74) is 5.86. The summed E-state index contributed by atoms with van der Waals surface area (Å²) in [6, 6.07) is 0. The molecule has 2 aliphatic rings. The van der Waals surface area contributed by atoms with Gasteiger partial charge in [-0.15, -0.1) is 0 Å². The third-order valence-electron chi connectivity index (χ3n) is 5.83. The summed E-state index contributed by atoms with van der Waals surface area (Å²) in [6.07, 6.45) is 7.86. The van der Waals surface area contributed by atoms with Gasteiger partial charge in [0.1, 0.15) is 0 Å². The molecule has 2 nitrogen and oxygen atoms in total. The molecule has 0 heterocycles. The van der Waals surface area contributed by atoms with E-state index >= 15 is 0 Å². The molecule has 2 aliphatic carbocycles. The molecule has 4 atom stereocenters. The quantitative estimate of drug-likeness (QED) is 0.801. The molecular formula is C17H33NO. The lowest BCUT2D eigenvalue weighted by molar-refractivity contribution is -0.162. The van der Waals surface area contributed by atoms with Gasteiger partial charge >= 0.3 is 0 Å². The maximum atomic E-state index is 11.5. The van der Waals surface area contributed by atoms with Gasteiger partial charge in [0.2, 0.25) is 0 Å². The molecule has 0 bridgehead atoms. The summed E-state index contributed by atoms with van der Waals surface area (Å²) in [4.78, 5) is 0. The van der Waals surface area contributed by atoms with Gasteiger partial charge in [0, 0.05) is 12.0 Å². The minimum absolute atomic E-state index is 0.0311. The van der Waals surface area contributed by atoms with Gasteiger partial charge in [-0.1, -0.05) is 40.5 Å². The van der Waals surface area contributed by atoms with Gasteiger partial charge in [0.05, 0.1) is 5.60 Å². The molecule has 0 saturated heterocycles. The van der Waals surface area contributed by atoms with Gasteiger partial charge in [-0.05, 0) is 49.4 Å². The second kappa shape index (κ2) is 5.04. The second-order valence-electron chi connectivity index (χ2n) is 8.57. The number of hydrogen-bond donors (Lipinski definition) is 2. The van der Waals surface area contributed by atoms with E-state index < -0.39 is 5.60 Å². The van der Waals surface area contributed by atoms with Crippen LogP contribution in [0.2, 0.25) is 0 Å². The van der Waals surface area contributed by atoms with Crippen molar-refractivity contribution in [2.75, 3.05) is 6.54 Å². The molecule has 112 valence electrons. The lowest BCUT2D eigenvalue weighted by Crippen LogP contribution is -2.59. The van der Waals surface area contributed by atoms with E-state index in [1.54, 1.807) is 0 Å². The number of nitrogens with two attached hydrogens (primary N) is 1. The molecule has 4 unspecified atom stereocenters. The van der Waals surface area contributed by atoms with E-state index in [4.69, 9.17) is 5.73 Å². The summed E-state index contributed by atoms with van der Waals surface area (Å²) in [5.74, 6) is 1.32. The highest BCUT2D eigenvalue weighted by molar-refractivity contribution is 5.07. The average Bonchev–Trinajstić information content (AvgIpc) is 2.25. The molecule has 0 aliphatic heterocycles. The smallest absolute Gasteiger partial charge is 0.0723 e. The largest absolute Gasteiger partial charge is 0.389 e. The SMILES string of the molecule is CC1CC(C)(C)CC(O)(C2(CN)CCCC(C)C2)C1. The zero-order valence-corrected chi connectivity index (χ0v) is 13.3. The first-order valence-electron chi connectivity index (χ1n) is 8.14. The van der Waals surface area contributed by atoms with E-state index in [9.17, 15) is 5.11 Å². The van der Waals surface area contributed by atoms with Crippen LogP contribution in [-0.4, -0.2) is 17.3 Å². The molecule has 0 aromatic heterocycles. The van der Waals surface area contributed by atoms with Crippen molar-refractivity contribution in [1.82, 2.24) is 0 Å². The van der Waals surface area contributed by atoms with Crippen molar-refractivity contribution in [2.24, 2.45) is 28.4 Å². The van der Waals surface area contributed by atoms with E-state index in [2.05, 4.69) is 27.7 Å². The van der Waals surface area contributed by atoms with Crippen molar-refractivity contribution in [1.29, 1.82) is 0 Å². The monoisotopic (exact) mass is 267 g/mol. The van der Waals surface area contributed by atoms with Crippen LogP contribution in [0.3, 0.4) is 0 Å². The normalized spacial score (nSPS) is 47.1. The van der Waals surface area contributed by atoms with Crippen LogP contribution in [0.5, 0.6) is 0 Å². The molecule has 0 amide bonds. The zero-order chi connectivity index (χ0) is 14.3. The second-order valence-corrected chi connectivity index (χ2v) is 8.57. The van der Waals surface area contributed by atoms with Crippen molar-refractivity contribution < 1.29 is 5.11 Å². The molecule has 0 spiro atoms. The molecule has 2 rings (SSSR count). The van der Waals surface area contributed by atoms with Crippen molar-refractivity contribution in [3.8, 4) is 0 Å². The van der Waals surface area contributed by atoms with Crippen molar-refractivity contribution in [3.05, 3.63) is 0 Å². The Labute approximate surface area is 119 Å². The molecule has 19 heavy (non-hydrogen) atoms. The summed E-state index contributed by atoms with van der Waals surface area (Å²) in [5, 5.41) is 11.5. The minimum atomic E-state index is -0.544. The molecule has 0 radical (unpaired) electrons. The Morgan fingerprint density at radius 1 is 1.11 bits per heavy atom. The molecule has 2 heteroatoms. The third-order valence-corrected chi connectivity index (χ3v) is 5.83. The Bertz CT molecular complexity index is 327. The lowest BCUT2D eigenvalue weighted by Gasteiger charge is -2.57. The highest BCUT2D eigenvalue weighted by Gasteiger charge is 2.55. The van der Waals surface area contributed by atoms with Crippen LogP contribution >= 0.6 is 0 Å². The molecule has 0 aromatic carbocycles. The van der Waals surface area contributed by atoms with Crippen molar-refractivity contribution in [2.45, 2.75) is 78.2 Å². The van der Waals surface area contributed by atoms with Crippen LogP contribution in [0.1, 0.15) is 72.6 Å². The van der Waals surface area contributed by atoms with Gasteiger partial charge in [-0.25, -0.2) is 0 Å². The van der Waals surface area contributed by atoms with Crippen LogP contribution in [0.4, 0.5) is 0 Å². The predicted molar refractivity (Wildman–Crippen MR) is 80.9 cm³/mol. The van der Waals surface area contributed by atoms with E-state index in [-0.39, 0.29) is 10.8 Å². The lowest BCUT2D eigenvalue weighted by atomic mass is 9.52. The highest BCUT2D eigenvalue weighted by atomic mass is 16.3. The van der Waals surface area contributed by atoms with Gasteiger partial charge in [0.15, 0.2) is 0 Å². The van der Waals surface area contributed by atoms with Gasteiger partial charge in [-0.3, -0.25) is 0 Å². The highest BCUT2D eigenvalue weighted by Crippen LogP contribution is 2.56. The maximum absolute atomic E-state index is 11.5. The van der Waals surface area contributed by atoms with Crippen molar-refractivity contribution >= 4 is 0 Å². The topological polar surface area (TPSA) is 46.2 Å². The average molecular weight is 267 g/mol. The first-order chi connectivity index (χ1) is 8.72. The van der Waals surface area contributed by atoms with E-state index in [0.717, 1.165) is 25.7 Å². The molecule has 2 fully saturated rings. The van der Waals surface area contributed by atoms with Crippen LogP contribution in [0.25, 0.3) is 0 Å². The summed E-state index contributed by atoms with van der Waals surface area (Å²) >= 11 is 0. The van der Waals surface area contributed by atoms with Crippen LogP contribution in [0.15, 0.2) is 0 Å². The summed E-state index contributed by atoms with van der Waals surface area (Å²) < 4.78 is 0. The molecule has 2 saturated carbocycles. The molecular weight excluding hydrogens is 234 g/mol. The number of aliphatic hydroxyl groups is 1. The molecule has 0 aromatic rings. The Morgan fingerprint density at radius 2 is 1.79 bits per heavy atom. The zero-order valence-electron chi connectivity index (χ0n) is 13.3. The Hall–Kier alpha value is -0.0800. The van der Waals surface area contributed by atoms with Crippen LogP contribution in [-0.2, 0) is 0 Å². The van der Waals surface area contributed by atoms with E-state index in [1.807, 2.05) is 0 Å². The number of rotatable bonds is 2. The Morgan fingerprint density at radius 3 is 2.32 bits per heavy atom. The Kier molecular flexibility index (Phi) is 4.06. The maximum Gasteiger partial charge on any atom is 0.0723 e. The fraction of sp³-hybridized carbons (Fsp3) is 1.00. The van der Waals surface area contributed by atoms with Gasteiger partial charge in [-0.2, -0.15) is 0 Å². The van der Waals surface area contributed by atoms with Gasteiger partial charge < -0.3 is 10.8 Å².